The maximum Gasteiger partial charge on any atom is 0.106 e. The first-order valence-corrected chi connectivity index (χ1v) is 7.90. The third-order valence-corrected chi connectivity index (χ3v) is 3.75. The van der Waals surface area contributed by atoms with Crippen molar-refractivity contribution in [3.63, 3.8) is 0 Å². The Morgan fingerprint density at radius 1 is 1.06 bits per heavy atom. The molecular weight excluding hydrogens is 228 g/mol. The fourth-order valence-corrected chi connectivity index (χ4v) is 2.51. The molecule has 0 saturated carbocycles. The van der Waals surface area contributed by atoms with E-state index in [-0.39, 0.29) is 0 Å². The number of hydrogen-bond donors (Lipinski definition) is 1. The number of nitrogens with zero attached hydrogens (tertiary/aromatic N) is 1. The van der Waals surface area contributed by atoms with Crippen LogP contribution in [-0.4, -0.2) is 11.5 Å². The standard InChI is InChI=1S/C14H26N2S/c1-2-3-4-5-6-7-8-9-10-15-13-14-16-11-12-17-14/h11-12,15H,2-10,13H2,1H3. The summed E-state index contributed by atoms with van der Waals surface area (Å²) in [4.78, 5) is 4.25. The summed E-state index contributed by atoms with van der Waals surface area (Å²) in [5.41, 5.74) is 0. The summed E-state index contributed by atoms with van der Waals surface area (Å²) in [6.07, 6.45) is 13.0. The van der Waals surface area contributed by atoms with Crippen LogP contribution in [0, 0.1) is 0 Å². The van der Waals surface area contributed by atoms with Crippen molar-refractivity contribution in [2.45, 2.75) is 64.8 Å². The molecule has 2 nitrogen and oxygen atoms in total. The van der Waals surface area contributed by atoms with E-state index in [2.05, 4.69) is 17.2 Å². The highest BCUT2D eigenvalue weighted by Gasteiger charge is 1.94. The summed E-state index contributed by atoms with van der Waals surface area (Å²) in [5, 5.41) is 6.68. The second-order valence-electron chi connectivity index (χ2n) is 4.58. The Balaban J connectivity index is 1.76. The molecule has 0 atom stereocenters. The molecule has 0 aliphatic heterocycles. The van der Waals surface area contributed by atoms with Crippen molar-refractivity contribution >= 4 is 11.3 Å². The summed E-state index contributed by atoms with van der Waals surface area (Å²) < 4.78 is 0. The van der Waals surface area contributed by atoms with Crippen LogP contribution in [0.5, 0.6) is 0 Å². The van der Waals surface area contributed by atoms with Gasteiger partial charge in [-0.3, -0.25) is 0 Å². The van der Waals surface area contributed by atoms with Crippen LogP contribution in [0.25, 0.3) is 0 Å². The van der Waals surface area contributed by atoms with Crippen LogP contribution in [0.1, 0.15) is 63.3 Å². The van der Waals surface area contributed by atoms with Crippen molar-refractivity contribution in [1.82, 2.24) is 10.3 Å². The lowest BCUT2D eigenvalue weighted by atomic mass is 10.1. The van der Waals surface area contributed by atoms with Crippen LogP contribution in [0.4, 0.5) is 0 Å². The van der Waals surface area contributed by atoms with Gasteiger partial charge in [-0.25, -0.2) is 4.98 Å². The molecule has 0 aliphatic rings. The van der Waals surface area contributed by atoms with Gasteiger partial charge in [0.2, 0.25) is 0 Å². The summed E-state index contributed by atoms with van der Waals surface area (Å²) in [5.74, 6) is 0. The second-order valence-corrected chi connectivity index (χ2v) is 5.56. The number of nitrogens with one attached hydrogen (secondary N) is 1. The molecule has 0 unspecified atom stereocenters. The smallest absolute Gasteiger partial charge is 0.106 e. The number of unbranched alkanes of at least 4 members (excludes halogenated alkanes) is 7. The topological polar surface area (TPSA) is 24.9 Å². The molecule has 1 aromatic rings. The van der Waals surface area contributed by atoms with Gasteiger partial charge >= 0.3 is 0 Å². The third kappa shape index (κ3) is 8.33. The highest BCUT2D eigenvalue weighted by atomic mass is 32.1. The Morgan fingerprint density at radius 3 is 2.41 bits per heavy atom. The molecule has 17 heavy (non-hydrogen) atoms. The fourth-order valence-electron chi connectivity index (χ4n) is 1.92. The number of rotatable bonds is 11. The van der Waals surface area contributed by atoms with E-state index in [0.29, 0.717) is 0 Å². The third-order valence-electron chi connectivity index (χ3n) is 2.97. The van der Waals surface area contributed by atoms with Crippen LogP contribution in [0.15, 0.2) is 11.6 Å². The zero-order valence-electron chi connectivity index (χ0n) is 11.1. The molecule has 0 aliphatic carbocycles. The first-order chi connectivity index (χ1) is 8.43. The average Bonchev–Trinajstić information content (AvgIpc) is 2.85. The molecular formula is C14H26N2S. The van der Waals surface area contributed by atoms with E-state index in [4.69, 9.17) is 0 Å². The molecule has 0 saturated heterocycles. The van der Waals surface area contributed by atoms with Crippen LogP contribution >= 0.6 is 11.3 Å². The van der Waals surface area contributed by atoms with Gasteiger partial charge in [0.1, 0.15) is 5.01 Å². The lowest BCUT2D eigenvalue weighted by molar-refractivity contribution is 0.555. The van der Waals surface area contributed by atoms with Gasteiger partial charge in [0.15, 0.2) is 0 Å². The minimum absolute atomic E-state index is 0.939. The van der Waals surface area contributed by atoms with E-state index in [1.165, 1.54) is 56.4 Å². The highest BCUT2D eigenvalue weighted by molar-refractivity contribution is 7.09. The van der Waals surface area contributed by atoms with E-state index < -0.39 is 0 Å². The number of aromatic nitrogens is 1. The maximum atomic E-state index is 4.25. The molecule has 1 N–H and O–H groups in total. The van der Waals surface area contributed by atoms with Crippen LogP contribution < -0.4 is 5.32 Å². The van der Waals surface area contributed by atoms with Gasteiger partial charge in [0, 0.05) is 18.1 Å². The number of hydrogen-bond acceptors (Lipinski definition) is 3. The molecule has 3 heteroatoms. The first-order valence-electron chi connectivity index (χ1n) is 7.02. The zero-order chi connectivity index (χ0) is 12.2. The summed E-state index contributed by atoms with van der Waals surface area (Å²) >= 11 is 1.73. The van der Waals surface area contributed by atoms with Crippen LogP contribution in [0.3, 0.4) is 0 Å². The van der Waals surface area contributed by atoms with Crippen molar-refractivity contribution < 1.29 is 0 Å². The van der Waals surface area contributed by atoms with E-state index >= 15 is 0 Å². The monoisotopic (exact) mass is 254 g/mol. The molecule has 1 aromatic heterocycles. The molecule has 0 radical (unpaired) electrons. The molecule has 98 valence electrons. The quantitative estimate of drug-likeness (QED) is 0.593. The van der Waals surface area contributed by atoms with E-state index in [9.17, 15) is 0 Å². The SMILES string of the molecule is CCCCCCCCCCNCc1nccs1. The first kappa shape index (κ1) is 14.7. The molecule has 0 aromatic carbocycles. The van der Waals surface area contributed by atoms with Gasteiger partial charge in [-0.15, -0.1) is 11.3 Å². The Hall–Kier alpha value is -0.410. The van der Waals surface area contributed by atoms with E-state index in [1.54, 1.807) is 11.3 Å². The zero-order valence-corrected chi connectivity index (χ0v) is 11.9. The van der Waals surface area contributed by atoms with Crippen LogP contribution in [-0.2, 0) is 6.54 Å². The van der Waals surface area contributed by atoms with Gasteiger partial charge in [-0.2, -0.15) is 0 Å². The van der Waals surface area contributed by atoms with Crippen molar-refractivity contribution in [2.24, 2.45) is 0 Å². The Bertz CT molecular complexity index is 247. The Morgan fingerprint density at radius 2 is 1.76 bits per heavy atom. The second kappa shape index (κ2) is 10.7. The van der Waals surface area contributed by atoms with Crippen molar-refractivity contribution in [2.75, 3.05) is 6.54 Å². The molecule has 0 fully saturated rings. The van der Waals surface area contributed by atoms with Gasteiger partial charge in [0.05, 0.1) is 0 Å². The van der Waals surface area contributed by atoms with E-state index in [1.807, 2.05) is 11.6 Å². The molecule has 0 spiro atoms. The van der Waals surface area contributed by atoms with Crippen molar-refractivity contribution in [1.29, 1.82) is 0 Å². The lowest BCUT2D eigenvalue weighted by Crippen LogP contribution is -2.14. The molecule has 0 amide bonds. The predicted octanol–water partition coefficient (Wildman–Crippen LogP) is 4.37. The number of thiazole rings is 1. The molecule has 1 heterocycles. The highest BCUT2D eigenvalue weighted by Crippen LogP contribution is 2.08. The summed E-state index contributed by atoms with van der Waals surface area (Å²) in [6, 6.07) is 0. The lowest BCUT2D eigenvalue weighted by Gasteiger charge is -2.03. The van der Waals surface area contributed by atoms with Crippen molar-refractivity contribution in [3.05, 3.63) is 16.6 Å². The van der Waals surface area contributed by atoms with Gasteiger partial charge in [0.25, 0.3) is 0 Å². The Kier molecular flexibility index (Phi) is 9.24. The molecule has 1 rings (SSSR count). The molecule has 0 bridgehead atoms. The normalized spacial score (nSPS) is 10.9. The fraction of sp³-hybridized carbons (Fsp3) is 0.786. The maximum absolute atomic E-state index is 4.25. The van der Waals surface area contributed by atoms with Crippen LogP contribution in [0.2, 0.25) is 0 Å². The Labute approximate surface area is 110 Å². The van der Waals surface area contributed by atoms with Gasteiger partial charge in [-0.05, 0) is 13.0 Å². The van der Waals surface area contributed by atoms with E-state index in [0.717, 1.165) is 13.1 Å². The largest absolute Gasteiger partial charge is 0.310 e. The minimum atomic E-state index is 0.939. The summed E-state index contributed by atoms with van der Waals surface area (Å²) in [6.45, 7) is 4.34. The predicted molar refractivity (Wildman–Crippen MR) is 76.4 cm³/mol. The van der Waals surface area contributed by atoms with Gasteiger partial charge < -0.3 is 5.32 Å². The average molecular weight is 254 g/mol. The van der Waals surface area contributed by atoms with Crippen molar-refractivity contribution in [3.8, 4) is 0 Å². The summed E-state index contributed by atoms with van der Waals surface area (Å²) in [7, 11) is 0. The minimum Gasteiger partial charge on any atom is -0.310 e. The van der Waals surface area contributed by atoms with Gasteiger partial charge in [-0.1, -0.05) is 51.9 Å².